The van der Waals surface area contributed by atoms with E-state index in [1.54, 1.807) is 52.6 Å². The Kier molecular flexibility index (Phi) is 8.01. The molecule has 0 saturated heterocycles. The quantitative estimate of drug-likeness (QED) is 0.207. The van der Waals surface area contributed by atoms with Crippen molar-refractivity contribution in [3.05, 3.63) is 98.0 Å². The number of fused-ring (bicyclic) bond motifs is 1. The van der Waals surface area contributed by atoms with Crippen molar-refractivity contribution in [3.63, 3.8) is 0 Å². The average molecular weight is 613 g/mol. The number of benzene rings is 3. The van der Waals surface area contributed by atoms with E-state index in [4.69, 9.17) is 10.1 Å². The maximum atomic E-state index is 12.9. The first-order valence-corrected chi connectivity index (χ1v) is 12.8. The number of halogens is 2. The Morgan fingerprint density at radius 3 is 2.06 bits per heavy atom. The third kappa shape index (κ3) is 5.74. The predicted molar refractivity (Wildman–Crippen MR) is 143 cm³/mol. The van der Waals surface area contributed by atoms with E-state index in [2.05, 4.69) is 31.9 Å². The number of aryl methyl sites for hydroxylation is 2. The number of nitrogens with one attached hydrogen (secondary N) is 1. The number of hydrogen-bond donors (Lipinski definition) is 1. The summed E-state index contributed by atoms with van der Waals surface area (Å²) in [6, 6.07) is 19.6. The SMILES string of the molecule is Cn1c(=N)n(CC(=O)c2ccc(Br)cc2)c2cccc(CCC(=O)OCC(=O)c3ccc(Br)cc3)c21. The molecule has 0 radical (unpaired) electrons. The molecule has 0 spiro atoms. The van der Waals surface area contributed by atoms with Gasteiger partial charge in [-0.1, -0.05) is 68.3 Å². The maximum Gasteiger partial charge on any atom is 0.306 e. The molecule has 0 amide bonds. The van der Waals surface area contributed by atoms with Crippen molar-refractivity contribution in [2.45, 2.75) is 19.4 Å². The molecule has 36 heavy (non-hydrogen) atoms. The molecule has 7 nitrogen and oxygen atoms in total. The number of rotatable bonds is 9. The highest BCUT2D eigenvalue weighted by molar-refractivity contribution is 9.10. The molecule has 0 bridgehead atoms. The van der Waals surface area contributed by atoms with Crippen molar-refractivity contribution in [1.82, 2.24) is 9.13 Å². The van der Waals surface area contributed by atoms with Crippen LogP contribution in [-0.4, -0.2) is 33.3 Å². The zero-order valence-corrected chi connectivity index (χ0v) is 22.6. The van der Waals surface area contributed by atoms with Gasteiger partial charge in [-0.2, -0.15) is 0 Å². The summed E-state index contributed by atoms with van der Waals surface area (Å²) in [4.78, 5) is 37.5. The van der Waals surface area contributed by atoms with Crippen molar-refractivity contribution in [2.24, 2.45) is 7.05 Å². The van der Waals surface area contributed by atoms with E-state index < -0.39 is 5.97 Å². The summed E-state index contributed by atoms with van der Waals surface area (Å²) in [6.07, 6.45) is 0.462. The van der Waals surface area contributed by atoms with Gasteiger partial charge in [-0.3, -0.25) is 19.8 Å². The molecule has 0 fully saturated rings. The second-order valence-electron chi connectivity index (χ2n) is 8.27. The fraction of sp³-hybridized carbons (Fsp3) is 0.185. The van der Waals surface area contributed by atoms with Gasteiger partial charge in [0.05, 0.1) is 17.6 Å². The van der Waals surface area contributed by atoms with Crippen LogP contribution in [0.1, 0.15) is 32.7 Å². The van der Waals surface area contributed by atoms with Crippen molar-refractivity contribution in [1.29, 1.82) is 5.41 Å². The summed E-state index contributed by atoms with van der Waals surface area (Å²) in [5.41, 5.74) is 3.61. The number of esters is 1. The van der Waals surface area contributed by atoms with E-state index in [0.29, 0.717) is 17.5 Å². The predicted octanol–water partition coefficient (Wildman–Crippen LogP) is 5.23. The third-order valence-corrected chi connectivity index (χ3v) is 6.95. The normalized spacial score (nSPS) is 11.0. The molecule has 3 aromatic carbocycles. The lowest BCUT2D eigenvalue weighted by atomic mass is 10.1. The molecule has 1 heterocycles. The Labute approximate surface area is 224 Å². The van der Waals surface area contributed by atoms with Crippen LogP contribution in [0.15, 0.2) is 75.7 Å². The number of ketones is 2. The second kappa shape index (κ2) is 11.2. The highest BCUT2D eigenvalue weighted by Gasteiger charge is 2.17. The largest absolute Gasteiger partial charge is 0.457 e. The number of ether oxygens (including phenoxy) is 1. The van der Waals surface area contributed by atoms with Crippen molar-refractivity contribution >= 4 is 60.4 Å². The highest BCUT2D eigenvalue weighted by Crippen LogP contribution is 2.20. The molecule has 1 aromatic heterocycles. The van der Waals surface area contributed by atoms with E-state index in [9.17, 15) is 14.4 Å². The first-order valence-electron chi connectivity index (χ1n) is 11.2. The van der Waals surface area contributed by atoms with Gasteiger partial charge in [-0.15, -0.1) is 0 Å². The molecule has 0 aliphatic rings. The number of imidazole rings is 1. The molecule has 184 valence electrons. The number of para-hydroxylation sites is 1. The highest BCUT2D eigenvalue weighted by atomic mass is 79.9. The Bertz CT molecular complexity index is 1500. The minimum atomic E-state index is -0.476. The number of carbonyl (C=O) groups excluding carboxylic acids is 3. The molecule has 4 aromatic rings. The van der Waals surface area contributed by atoms with Crippen LogP contribution >= 0.6 is 31.9 Å². The lowest BCUT2D eigenvalue weighted by Crippen LogP contribution is -2.25. The van der Waals surface area contributed by atoms with Crippen LogP contribution in [0.4, 0.5) is 0 Å². The smallest absolute Gasteiger partial charge is 0.306 e. The van der Waals surface area contributed by atoms with Gasteiger partial charge in [0.1, 0.15) is 0 Å². The van der Waals surface area contributed by atoms with Crippen LogP contribution in [0, 0.1) is 5.41 Å². The Balaban J connectivity index is 1.45. The number of Topliss-reactive ketones (excluding diaryl/α,β-unsaturated/α-hetero) is 2. The van der Waals surface area contributed by atoms with Gasteiger partial charge in [0.2, 0.25) is 5.62 Å². The molecule has 9 heteroatoms. The first-order chi connectivity index (χ1) is 17.2. The molecular formula is C27H23Br2N3O4. The maximum absolute atomic E-state index is 12.9. The Morgan fingerprint density at radius 1 is 0.861 bits per heavy atom. The minimum absolute atomic E-state index is 0.0292. The standard InChI is InChI=1S/C27H23Br2N3O4/c1-31-26-19(9-14-25(35)36-16-24(34)18-7-12-21(29)13-8-18)3-2-4-22(26)32(27(31)30)15-23(33)17-5-10-20(28)11-6-17/h2-8,10-13,30H,9,14-16H2,1H3. The van der Waals surface area contributed by atoms with Gasteiger partial charge in [0.15, 0.2) is 18.2 Å². The third-order valence-electron chi connectivity index (χ3n) is 5.89. The van der Waals surface area contributed by atoms with Crippen LogP contribution in [0.3, 0.4) is 0 Å². The molecule has 0 aliphatic heterocycles. The second-order valence-corrected chi connectivity index (χ2v) is 10.1. The van der Waals surface area contributed by atoms with Crippen LogP contribution < -0.4 is 5.62 Å². The van der Waals surface area contributed by atoms with Gasteiger partial charge >= 0.3 is 5.97 Å². The zero-order chi connectivity index (χ0) is 25.8. The van der Waals surface area contributed by atoms with E-state index >= 15 is 0 Å². The van der Waals surface area contributed by atoms with E-state index in [-0.39, 0.29) is 36.8 Å². The fourth-order valence-corrected chi connectivity index (χ4v) is 4.52. The fourth-order valence-electron chi connectivity index (χ4n) is 3.99. The van der Waals surface area contributed by atoms with E-state index in [0.717, 1.165) is 25.5 Å². The summed E-state index contributed by atoms with van der Waals surface area (Å²) in [5.74, 6) is -0.843. The molecule has 4 rings (SSSR count). The molecule has 0 saturated carbocycles. The first kappa shape index (κ1) is 25.8. The number of aromatic nitrogens is 2. The van der Waals surface area contributed by atoms with Crippen molar-refractivity contribution in [2.75, 3.05) is 6.61 Å². The number of hydrogen-bond acceptors (Lipinski definition) is 5. The molecule has 1 N–H and O–H groups in total. The topological polar surface area (TPSA) is 94.2 Å². The zero-order valence-electron chi connectivity index (χ0n) is 19.5. The summed E-state index contributed by atoms with van der Waals surface area (Å²) >= 11 is 6.69. The lowest BCUT2D eigenvalue weighted by Gasteiger charge is -2.07. The van der Waals surface area contributed by atoms with Crippen LogP contribution in [0.25, 0.3) is 11.0 Å². The van der Waals surface area contributed by atoms with Gasteiger partial charge in [-0.25, -0.2) is 0 Å². The summed E-state index contributed by atoms with van der Waals surface area (Å²) in [7, 11) is 1.77. The number of carbonyl (C=O) groups is 3. The molecular weight excluding hydrogens is 590 g/mol. The van der Waals surface area contributed by atoms with Crippen molar-refractivity contribution in [3.8, 4) is 0 Å². The van der Waals surface area contributed by atoms with Gasteiger partial charge in [-0.05, 0) is 42.3 Å². The summed E-state index contributed by atoms with van der Waals surface area (Å²) in [6.45, 7) is -0.286. The van der Waals surface area contributed by atoms with Gasteiger partial charge in [0, 0.05) is 33.5 Å². The summed E-state index contributed by atoms with van der Waals surface area (Å²) in [5, 5.41) is 8.57. The van der Waals surface area contributed by atoms with Gasteiger partial charge in [0.25, 0.3) is 0 Å². The minimum Gasteiger partial charge on any atom is -0.457 e. The molecule has 0 atom stereocenters. The lowest BCUT2D eigenvalue weighted by molar-refractivity contribution is -0.142. The molecule has 0 aliphatic carbocycles. The van der Waals surface area contributed by atoms with Gasteiger partial charge < -0.3 is 13.9 Å². The Morgan fingerprint density at radius 2 is 1.44 bits per heavy atom. The van der Waals surface area contributed by atoms with E-state index in [1.165, 1.54) is 0 Å². The van der Waals surface area contributed by atoms with Crippen LogP contribution in [0.2, 0.25) is 0 Å². The van der Waals surface area contributed by atoms with Crippen molar-refractivity contribution < 1.29 is 19.1 Å². The number of nitrogens with zero attached hydrogens (tertiary/aromatic N) is 2. The monoisotopic (exact) mass is 611 g/mol. The Hall–Kier alpha value is -3.30. The summed E-state index contributed by atoms with van der Waals surface area (Å²) < 4.78 is 10.3. The average Bonchev–Trinajstić information content (AvgIpc) is 3.12. The van der Waals surface area contributed by atoms with Crippen LogP contribution in [0.5, 0.6) is 0 Å². The van der Waals surface area contributed by atoms with E-state index in [1.807, 2.05) is 30.3 Å². The molecule has 0 unspecified atom stereocenters. The van der Waals surface area contributed by atoms with Crippen LogP contribution in [-0.2, 0) is 29.5 Å².